The van der Waals surface area contributed by atoms with Gasteiger partial charge in [-0.15, -0.1) is 6.58 Å². The van der Waals surface area contributed by atoms with E-state index < -0.39 is 5.41 Å². The minimum Gasteiger partial charge on any atom is -0.310 e. The maximum atomic E-state index is 3.96. The van der Waals surface area contributed by atoms with E-state index in [-0.39, 0.29) is 0 Å². The van der Waals surface area contributed by atoms with E-state index in [0.29, 0.717) is 0 Å². The highest BCUT2D eigenvalue weighted by Gasteiger charge is 2.47. The van der Waals surface area contributed by atoms with E-state index in [1.165, 1.54) is 83.1 Å². The van der Waals surface area contributed by atoms with E-state index in [1.807, 2.05) is 6.08 Å². The molecule has 0 saturated heterocycles. The molecule has 9 aromatic rings. The minimum absolute atomic E-state index is 0.483. The van der Waals surface area contributed by atoms with Crippen LogP contribution in [-0.4, -0.2) is 0 Å². The van der Waals surface area contributed by atoms with Gasteiger partial charge in [0.1, 0.15) is 0 Å². The van der Waals surface area contributed by atoms with Crippen molar-refractivity contribution in [2.24, 2.45) is 0 Å². The second kappa shape index (κ2) is 16.9. The molecule has 2 aliphatic carbocycles. The van der Waals surface area contributed by atoms with Crippen LogP contribution in [0.25, 0.3) is 55.3 Å². The third kappa shape index (κ3) is 6.91. The standard InChI is InChI=1S/C63H49N/c1-2-3-19-45-32-33-47-34-35-50(41-52(47)40-45)49-24-18-29-55(42-49)64(62-39-36-51(46-20-8-4-9-21-46)43-59(62)48-22-10-5-11-23-48)56-37-38-58-57-30-16-17-31-60(57)63(61(58)44-56,53-25-12-6-13-26-53)54-27-14-7-15-28-54/h2,4-6,8-14,16-18,20-44H,1,3,7,15,19H2. The van der Waals surface area contributed by atoms with Crippen LogP contribution >= 0.6 is 0 Å². The molecule has 0 radical (unpaired) electrons. The maximum Gasteiger partial charge on any atom is 0.0711 e. The highest BCUT2D eigenvalue weighted by Crippen LogP contribution is 2.58. The van der Waals surface area contributed by atoms with Crippen molar-refractivity contribution in [1.29, 1.82) is 0 Å². The van der Waals surface area contributed by atoms with Crippen molar-refractivity contribution in [2.75, 3.05) is 4.90 Å². The molecular formula is C63H49N. The zero-order valence-electron chi connectivity index (χ0n) is 36.0. The lowest BCUT2D eigenvalue weighted by Crippen LogP contribution is -2.29. The van der Waals surface area contributed by atoms with Crippen LogP contribution in [0.4, 0.5) is 17.1 Å². The average Bonchev–Trinajstić information content (AvgIpc) is 3.67. The molecule has 0 N–H and O–H groups in total. The van der Waals surface area contributed by atoms with Gasteiger partial charge in [0.2, 0.25) is 0 Å². The van der Waals surface area contributed by atoms with Crippen molar-refractivity contribution in [1.82, 2.24) is 0 Å². The van der Waals surface area contributed by atoms with Gasteiger partial charge in [0.15, 0.2) is 0 Å². The topological polar surface area (TPSA) is 3.24 Å². The van der Waals surface area contributed by atoms with Crippen molar-refractivity contribution >= 4 is 27.8 Å². The van der Waals surface area contributed by atoms with Crippen LogP contribution in [0.5, 0.6) is 0 Å². The van der Waals surface area contributed by atoms with Crippen molar-refractivity contribution in [3.8, 4) is 44.5 Å². The van der Waals surface area contributed by atoms with Crippen LogP contribution < -0.4 is 4.90 Å². The molecule has 0 fully saturated rings. The molecule has 0 spiro atoms. The van der Waals surface area contributed by atoms with Gasteiger partial charge in [-0.25, -0.2) is 0 Å². The largest absolute Gasteiger partial charge is 0.310 e. The number of fused-ring (bicyclic) bond motifs is 4. The molecule has 0 heterocycles. The van der Waals surface area contributed by atoms with Crippen LogP contribution in [-0.2, 0) is 11.8 Å². The van der Waals surface area contributed by atoms with Crippen molar-refractivity contribution < 1.29 is 0 Å². The van der Waals surface area contributed by atoms with E-state index in [4.69, 9.17) is 0 Å². The van der Waals surface area contributed by atoms with Gasteiger partial charge in [-0.05, 0) is 146 Å². The fourth-order valence-electron chi connectivity index (χ4n) is 10.3. The summed E-state index contributed by atoms with van der Waals surface area (Å²) in [4.78, 5) is 2.50. The summed E-state index contributed by atoms with van der Waals surface area (Å²) in [6.45, 7) is 3.96. The van der Waals surface area contributed by atoms with Gasteiger partial charge in [-0.2, -0.15) is 0 Å². The van der Waals surface area contributed by atoms with Gasteiger partial charge in [-0.1, -0.05) is 194 Å². The van der Waals surface area contributed by atoms with Crippen molar-refractivity contribution in [3.63, 3.8) is 0 Å². The van der Waals surface area contributed by atoms with Gasteiger partial charge >= 0.3 is 0 Å². The van der Waals surface area contributed by atoms with Gasteiger partial charge in [0.05, 0.1) is 11.1 Å². The van der Waals surface area contributed by atoms with Gasteiger partial charge < -0.3 is 4.90 Å². The lowest BCUT2D eigenvalue weighted by Gasteiger charge is -2.36. The SMILES string of the molecule is C=CCCc1ccc2ccc(-c3cccc(N(c4ccc5c(c4)C(C4=CCCC=C4)(c4ccccc4)c4ccccc4-5)c4ccc(-c5ccccc5)cc4-c4ccccc4)c3)cc2c1. The fraction of sp³-hybridized carbons (Fsp3) is 0.0794. The number of rotatable bonds is 11. The Balaban J connectivity index is 1.15. The second-order valence-electron chi connectivity index (χ2n) is 17.1. The molecule has 306 valence electrons. The Labute approximate surface area is 377 Å². The molecule has 1 nitrogen and oxygen atoms in total. The van der Waals surface area contributed by atoms with Gasteiger partial charge in [-0.3, -0.25) is 0 Å². The summed E-state index contributed by atoms with van der Waals surface area (Å²) in [6.07, 6.45) is 13.3. The van der Waals surface area contributed by atoms with E-state index in [2.05, 4.69) is 242 Å². The number of aryl methyl sites for hydroxylation is 1. The highest BCUT2D eigenvalue weighted by molar-refractivity contribution is 5.95. The molecule has 0 bridgehead atoms. The van der Waals surface area contributed by atoms with Gasteiger partial charge in [0.25, 0.3) is 0 Å². The van der Waals surface area contributed by atoms with Gasteiger partial charge in [0, 0.05) is 16.9 Å². The van der Waals surface area contributed by atoms with Crippen LogP contribution in [0.3, 0.4) is 0 Å². The summed E-state index contributed by atoms with van der Waals surface area (Å²) in [5.74, 6) is 0. The first-order valence-corrected chi connectivity index (χ1v) is 22.7. The van der Waals surface area contributed by atoms with Crippen LogP contribution in [0.1, 0.15) is 41.5 Å². The van der Waals surface area contributed by atoms with Crippen molar-refractivity contribution in [3.05, 3.63) is 271 Å². The molecule has 9 aromatic carbocycles. The summed E-state index contributed by atoms with van der Waals surface area (Å²) in [5, 5.41) is 2.50. The molecule has 0 saturated carbocycles. The Bertz CT molecular complexity index is 3230. The number of nitrogens with zero attached hydrogens (tertiary/aromatic N) is 1. The lowest BCUT2D eigenvalue weighted by atomic mass is 9.66. The van der Waals surface area contributed by atoms with E-state index in [0.717, 1.165) is 42.7 Å². The summed E-state index contributed by atoms with van der Waals surface area (Å²) < 4.78 is 0. The molecule has 1 atom stereocenters. The normalized spacial score (nSPS) is 15.0. The molecule has 0 amide bonds. The number of anilines is 3. The summed E-state index contributed by atoms with van der Waals surface area (Å²) in [6, 6.07) is 78.9. The monoisotopic (exact) mass is 819 g/mol. The number of benzene rings is 9. The van der Waals surface area contributed by atoms with E-state index in [1.54, 1.807) is 0 Å². The Kier molecular flexibility index (Phi) is 10.3. The first-order valence-electron chi connectivity index (χ1n) is 22.7. The van der Waals surface area contributed by atoms with Crippen LogP contribution in [0, 0.1) is 0 Å². The summed E-state index contributed by atoms with van der Waals surface area (Å²) in [5.41, 5.74) is 19.1. The Morgan fingerprint density at radius 1 is 0.469 bits per heavy atom. The van der Waals surface area contributed by atoms with E-state index >= 15 is 0 Å². The Hall–Kier alpha value is -7.74. The molecule has 64 heavy (non-hydrogen) atoms. The maximum absolute atomic E-state index is 3.96. The zero-order valence-corrected chi connectivity index (χ0v) is 36.0. The smallest absolute Gasteiger partial charge is 0.0711 e. The van der Waals surface area contributed by atoms with Crippen LogP contribution in [0.15, 0.2) is 249 Å². The average molecular weight is 820 g/mol. The molecule has 11 rings (SSSR count). The molecule has 0 aromatic heterocycles. The molecule has 0 aliphatic heterocycles. The van der Waals surface area contributed by atoms with Crippen molar-refractivity contribution in [2.45, 2.75) is 31.1 Å². The molecular weight excluding hydrogens is 771 g/mol. The minimum atomic E-state index is -0.483. The summed E-state index contributed by atoms with van der Waals surface area (Å²) >= 11 is 0. The number of hydrogen-bond donors (Lipinski definition) is 0. The quantitative estimate of drug-likeness (QED) is 0.118. The second-order valence-corrected chi connectivity index (χ2v) is 17.1. The predicted octanol–water partition coefficient (Wildman–Crippen LogP) is 17.0. The number of hydrogen-bond acceptors (Lipinski definition) is 1. The van der Waals surface area contributed by atoms with Crippen LogP contribution in [0.2, 0.25) is 0 Å². The third-order valence-corrected chi connectivity index (χ3v) is 13.3. The molecule has 2 aliphatic rings. The zero-order chi connectivity index (χ0) is 42.9. The summed E-state index contributed by atoms with van der Waals surface area (Å²) in [7, 11) is 0. The lowest BCUT2D eigenvalue weighted by molar-refractivity contribution is 0.751. The first-order chi connectivity index (χ1) is 31.7. The molecule has 1 heteroatoms. The Morgan fingerprint density at radius 3 is 1.94 bits per heavy atom. The highest BCUT2D eigenvalue weighted by atomic mass is 15.1. The number of allylic oxidation sites excluding steroid dienone is 5. The fourth-order valence-corrected chi connectivity index (χ4v) is 10.3. The van der Waals surface area contributed by atoms with E-state index in [9.17, 15) is 0 Å². The predicted molar refractivity (Wildman–Crippen MR) is 272 cm³/mol. The Morgan fingerprint density at radius 2 is 1.14 bits per heavy atom. The first kappa shape index (κ1) is 39.1. The third-order valence-electron chi connectivity index (χ3n) is 13.3. The molecule has 1 unspecified atom stereocenters.